The van der Waals surface area contributed by atoms with E-state index >= 15 is 0 Å². The van der Waals surface area contributed by atoms with Gasteiger partial charge < -0.3 is 16.0 Å². The van der Waals surface area contributed by atoms with Gasteiger partial charge in [0.1, 0.15) is 0 Å². The van der Waals surface area contributed by atoms with Gasteiger partial charge in [0.25, 0.3) is 5.91 Å². The molecule has 0 radical (unpaired) electrons. The van der Waals surface area contributed by atoms with Crippen molar-refractivity contribution >= 4 is 29.1 Å². The van der Waals surface area contributed by atoms with E-state index in [4.69, 9.17) is 17.3 Å². The number of hydrogen-bond donors (Lipinski definition) is 2. The van der Waals surface area contributed by atoms with E-state index < -0.39 is 0 Å². The van der Waals surface area contributed by atoms with Gasteiger partial charge in [-0.15, -0.1) is 0 Å². The maximum atomic E-state index is 11.8. The average Bonchev–Trinajstić information content (AvgIpc) is 2.40. The molecule has 6 heteroatoms. The highest BCUT2D eigenvalue weighted by Crippen LogP contribution is 2.19. The Balaban J connectivity index is 2.60. The molecule has 0 aliphatic heterocycles. The maximum absolute atomic E-state index is 11.8. The molecule has 3 N–H and O–H groups in total. The van der Waals surface area contributed by atoms with Crippen LogP contribution in [0, 0.1) is 0 Å². The van der Waals surface area contributed by atoms with Crippen molar-refractivity contribution in [1.29, 1.82) is 0 Å². The summed E-state index contributed by atoms with van der Waals surface area (Å²) in [4.78, 5) is 25.2. The number of benzene rings is 1. The molecule has 5 nitrogen and oxygen atoms in total. The zero-order valence-electron chi connectivity index (χ0n) is 11.1. The van der Waals surface area contributed by atoms with Gasteiger partial charge in [-0.2, -0.15) is 0 Å². The van der Waals surface area contributed by atoms with Gasteiger partial charge in [0, 0.05) is 18.7 Å². The van der Waals surface area contributed by atoms with Crippen LogP contribution in [0.2, 0.25) is 5.02 Å². The molecule has 0 bridgehead atoms. The van der Waals surface area contributed by atoms with E-state index in [1.54, 1.807) is 17.0 Å². The lowest BCUT2D eigenvalue weighted by molar-refractivity contribution is -0.129. The van der Waals surface area contributed by atoms with Gasteiger partial charge in [-0.25, -0.2) is 0 Å². The Kier molecular flexibility index (Phi) is 5.63. The molecule has 2 amide bonds. The zero-order valence-corrected chi connectivity index (χ0v) is 11.8. The minimum absolute atomic E-state index is 0.0248. The van der Waals surface area contributed by atoms with E-state index in [-0.39, 0.29) is 18.4 Å². The fourth-order valence-corrected chi connectivity index (χ4v) is 1.75. The van der Waals surface area contributed by atoms with Crippen LogP contribution in [0.25, 0.3) is 0 Å². The minimum Gasteiger partial charge on any atom is -0.398 e. The summed E-state index contributed by atoms with van der Waals surface area (Å²) in [5.41, 5.74) is 6.34. The Morgan fingerprint density at radius 2 is 1.95 bits per heavy atom. The number of carbonyl (C=O) groups excluding carboxylic acids is 2. The molecule has 0 aliphatic rings. The maximum Gasteiger partial charge on any atom is 0.251 e. The first-order valence-corrected chi connectivity index (χ1v) is 6.48. The number of nitrogens with zero attached hydrogens (tertiary/aromatic N) is 1. The molecule has 0 aromatic heterocycles. The molecular weight excluding hydrogens is 266 g/mol. The Morgan fingerprint density at radius 3 is 2.47 bits per heavy atom. The van der Waals surface area contributed by atoms with E-state index in [1.807, 2.05) is 13.8 Å². The van der Waals surface area contributed by atoms with Crippen LogP contribution in [0.5, 0.6) is 0 Å². The first-order valence-electron chi connectivity index (χ1n) is 6.10. The second-order valence-electron chi connectivity index (χ2n) is 3.98. The predicted molar refractivity (Wildman–Crippen MR) is 76.1 cm³/mol. The van der Waals surface area contributed by atoms with Crippen molar-refractivity contribution in [3.8, 4) is 0 Å². The molecule has 1 aromatic rings. The second-order valence-corrected chi connectivity index (χ2v) is 4.39. The van der Waals surface area contributed by atoms with Gasteiger partial charge in [0.05, 0.1) is 17.3 Å². The van der Waals surface area contributed by atoms with Crippen molar-refractivity contribution in [2.24, 2.45) is 0 Å². The number of hydrogen-bond acceptors (Lipinski definition) is 3. The van der Waals surface area contributed by atoms with E-state index in [9.17, 15) is 9.59 Å². The van der Waals surface area contributed by atoms with Crippen LogP contribution in [-0.2, 0) is 4.79 Å². The monoisotopic (exact) mass is 283 g/mol. The van der Waals surface area contributed by atoms with Gasteiger partial charge in [-0.3, -0.25) is 9.59 Å². The van der Waals surface area contributed by atoms with E-state index in [0.29, 0.717) is 29.4 Å². The van der Waals surface area contributed by atoms with Crippen molar-refractivity contribution in [2.45, 2.75) is 13.8 Å². The number of halogens is 1. The first kappa shape index (κ1) is 15.3. The SMILES string of the molecule is CCN(CC)C(=O)CNC(=O)c1ccc(Cl)c(N)c1. The lowest BCUT2D eigenvalue weighted by Crippen LogP contribution is -2.40. The number of rotatable bonds is 5. The summed E-state index contributed by atoms with van der Waals surface area (Å²) in [6.07, 6.45) is 0. The summed E-state index contributed by atoms with van der Waals surface area (Å²) in [5, 5.41) is 2.96. The quantitative estimate of drug-likeness (QED) is 0.805. The molecule has 0 spiro atoms. The smallest absolute Gasteiger partial charge is 0.251 e. The molecular formula is C13H18ClN3O2. The molecule has 0 unspecified atom stereocenters. The van der Waals surface area contributed by atoms with Crippen LogP contribution in [0.3, 0.4) is 0 Å². The molecule has 0 fully saturated rings. The molecule has 0 atom stereocenters. The molecule has 0 aliphatic carbocycles. The van der Waals surface area contributed by atoms with Crippen LogP contribution in [0.1, 0.15) is 24.2 Å². The van der Waals surface area contributed by atoms with E-state index in [2.05, 4.69) is 5.32 Å². The summed E-state index contributed by atoms with van der Waals surface area (Å²) in [7, 11) is 0. The van der Waals surface area contributed by atoms with Crippen LogP contribution >= 0.6 is 11.6 Å². The molecule has 1 rings (SSSR count). The molecule has 104 valence electrons. The zero-order chi connectivity index (χ0) is 14.4. The largest absolute Gasteiger partial charge is 0.398 e. The number of carbonyl (C=O) groups is 2. The Labute approximate surface area is 117 Å². The number of likely N-dealkylation sites (N-methyl/N-ethyl adjacent to an activating group) is 1. The van der Waals surface area contributed by atoms with Crippen LogP contribution in [0.15, 0.2) is 18.2 Å². The summed E-state index contributed by atoms with van der Waals surface area (Å²) in [5.74, 6) is -0.454. The van der Waals surface area contributed by atoms with Crippen molar-refractivity contribution < 1.29 is 9.59 Å². The molecule has 0 saturated heterocycles. The first-order chi connectivity index (χ1) is 8.99. The number of nitrogens with two attached hydrogens (primary N) is 1. The average molecular weight is 284 g/mol. The van der Waals surface area contributed by atoms with Crippen LogP contribution < -0.4 is 11.1 Å². The van der Waals surface area contributed by atoms with E-state index in [0.717, 1.165) is 0 Å². The third kappa shape index (κ3) is 4.13. The lowest BCUT2D eigenvalue weighted by Gasteiger charge is -2.18. The van der Waals surface area contributed by atoms with E-state index in [1.165, 1.54) is 6.07 Å². The fourth-order valence-electron chi connectivity index (χ4n) is 1.63. The number of nitrogen functional groups attached to an aromatic ring is 1. The lowest BCUT2D eigenvalue weighted by atomic mass is 10.2. The minimum atomic E-state index is -0.344. The fraction of sp³-hybridized carbons (Fsp3) is 0.385. The molecule has 1 aromatic carbocycles. The van der Waals surface area contributed by atoms with Crippen molar-refractivity contribution in [2.75, 3.05) is 25.4 Å². The Morgan fingerprint density at radius 1 is 1.32 bits per heavy atom. The van der Waals surface area contributed by atoms with Crippen molar-refractivity contribution in [3.05, 3.63) is 28.8 Å². The van der Waals surface area contributed by atoms with Gasteiger partial charge in [0.2, 0.25) is 5.91 Å². The summed E-state index contributed by atoms with van der Waals surface area (Å²) in [6.45, 7) is 5.01. The molecule has 0 saturated carbocycles. The van der Waals surface area contributed by atoms with Gasteiger partial charge >= 0.3 is 0 Å². The van der Waals surface area contributed by atoms with Crippen molar-refractivity contribution in [1.82, 2.24) is 10.2 Å². The Hall–Kier alpha value is -1.75. The molecule has 19 heavy (non-hydrogen) atoms. The third-order valence-electron chi connectivity index (χ3n) is 2.77. The predicted octanol–water partition coefficient (Wildman–Crippen LogP) is 1.52. The summed E-state index contributed by atoms with van der Waals surface area (Å²) in [6, 6.07) is 4.60. The summed E-state index contributed by atoms with van der Waals surface area (Å²) < 4.78 is 0. The van der Waals surface area contributed by atoms with Crippen molar-refractivity contribution in [3.63, 3.8) is 0 Å². The normalized spacial score (nSPS) is 10.1. The van der Waals surface area contributed by atoms with Crippen LogP contribution in [0.4, 0.5) is 5.69 Å². The third-order valence-corrected chi connectivity index (χ3v) is 3.12. The van der Waals surface area contributed by atoms with Gasteiger partial charge in [-0.1, -0.05) is 11.6 Å². The number of nitrogens with one attached hydrogen (secondary N) is 1. The van der Waals surface area contributed by atoms with Crippen LogP contribution in [-0.4, -0.2) is 36.3 Å². The second kappa shape index (κ2) is 6.99. The highest BCUT2D eigenvalue weighted by atomic mass is 35.5. The topological polar surface area (TPSA) is 75.4 Å². The van der Waals surface area contributed by atoms with Gasteiger partial charge in [-0.05, 0) is 32.0 Å². The Bertz CT molecular complexity index is 473. The highest BCUT2D eigenvalue weighted by Gasteiger charge is 2.12. The number of anilines is 1. The molecule has 0 heterocycles. The highest BCUT2D eigenvalue weighted by molar-refractivity contribution is 6.33. The standard InChI is InChI=1S/C13H18ClN3O2/c1-3-17(4-2)12(18)8-16-13(19)9-5-6-10(14)11(15)7-9/h5-7H,3-4,8,15H2,1-2H3,(H,16,19). The summed E-state index contributed by atoms with van der Waals surface area (Å²) >= 11 is 5.77. The number of amides is 2. The van der Waals surface area contributed by atoms with Gasteiger partial charge in [0.15, 0.2) is 0 Å².